The summed E-state index contributed by atoms with van der Waals surface area (Å²) < 4.78 is 0. The molecule has 2 aromatic rings. The van der Waals surface area contributed by atoms with E-state index >= 15 is 0 Å². The van der Waals surface area contributed by atoms with E-state index in [9.17, 15) is 0 Å². The van der Waals surface area contributed by atoms with E-state index in [1.165, 1.54) is 31.2 Å². The zero-order valence-electron chi connectivity index (χ0n) is 14.2. The van der Waals surface area contributed by atoms with Crippen LogP contribution < -0.4 is 10.2 Å². The Kier molecular flexibility index (Phi) is 5.11. The second kappa shape index (κ2) is 7.44. The van der Waals surface area contributed by atoms with Gasteiger partial charge in [-0.3, -0.25) is 0 Å². The maximum atomic E-state index is 4.77. The van der Waals surface area contributed by atoms with Gasteiger partial charge in [-0.2, -0.15) is 4.98 Å². The molecule has 1 fully saturated rings. The van der Waals surface area contributed by atoms with Crippen molar-refractivity contribution in [3.8, 4) is 0 Å². The zero-order valence-corrected chi connectivity index (χ0v) is 14.2. The van der Waals surface area contributed by atoms with Crippen molar-refractivity contribution >= 4 is 17.5 Å². The lowest BCUT2D eigenvalue weighted by atomic mass is 10.1. The third-order valence-electron chi connectivity index (χ3n) is 4.42. The van der Waals surface area contributed by atoms with E-state index in [1.807, 2.05) is 13.0 Å². The SMILES string of the molecule is CCc1ccccc1Nc1nc(C)cc(N2CCCCCC2)n1. The number of rotatable bonds is 4. The van der Waals surface area contributed by atoms with Crippen molar-refractivity contribution in [2.45, 2.75) is 46.0 Å². The van der Waals surface area contributed by atoms with Crippen LogP contribution in [0.15, 0.2) is 30.3 Å². The number of hydrogen-bond acceptors (Lipinski definition) is 4. The van der Waals surface area contributed by atoms with E-state index in [-0.39, 0.29) is 0 Å². The second-order valence-electron chi connectivity index (χ2n) is 6.23. The van der Waals surface area contributed by atoms with Crippen molar-refractivity contribution in [3.05, 3.63) is 41.6 Å². The van der Waals surface area contributed by atoms with Gasteiger partial charge < -0.3 is 10.2 Å². The molecule has 0 aliphatic carbocycles. The summed E-state index contributed by atoms with van der Waals surface area (Å²) in [5.74, 6) is 1.75. The summed E-state index contributed by atoms with van der Waals surface area (Å²) in [7, 11) is 0. The Morgan fingerprint density at radius 1 is 1.04 bits per heavy atom. The molecular formula is C19H26N4. The van der Waals surface area contributed by atoms with Crippen molar-refractivity contribution in [1.29, 1.82) is 0 Å². The lowest BCUT2D eigenvalue weighted by Crippen LogP contribution is -2.25. The van der Waals surface area contributed by atoms with Gasteiger partial charge in [0.1, 0.15) is 5.82 Å². The Morgan fingerprint density at radius 3 is 2.52 bits per heavy atom. The molecule has 23 heavy (non-hydrogen) atoms. The summed E-state index contributed by atoms with van der Waals surface area (Å²) in [6.07, 6.45) is 6.16. The van der Waals surface area contributed by atoms with E-state index in [4.69, 9.17) is 4.98 Å². The monoisotopic (exact) mass is 310 g/mol. The fourth-order valence-electron chi connectivity index (χ4n) is 3.14. The van der Waals surface area contributed by atoms with Gasteiger partial charge in [0, 0.05) is 30.5 Å². The van der Waals surface area contributed by atoms with Crippen molar-refractivity contribution in [2.24, 2.45) is 0 Å². The van der Waals surface area contributed by atoms with Crippen molar-refractivity contribution in [2.75, 3.05) is 23.3 Å². The quantitative estimate of drug-likeness (QED) is 0.904. The fourth-order valence-corrected chi connectivity index (χ4v) is 3.14. The Morgan fingerprint density at radius 2 is 1.78 bits per heavy atom. The van der Waals surface area contributed by atoms with E-state index in [0.717, 1.165) is 36.7 Å². The van der Waals surface area contributed by atoms with Crippen LogP contribution in [0.25, 0.3) is 0 Å². The summed E-state index contributed by atoms with van der Waals surface area (Å²) in [6, 6.07) is 10.5. The molecule has 122 valence electrons. The minimum atomic E-state index is 0.699. The van der Waals surface area contributed by atoms with E-state index in [1.54, 1.807) is 0 Å². The average Bonchev–Trinajstić information content (AvgIpc) is 2.84. The lowest BCUT2D eigenvalue weighted by Gasteiger charge is -2.22. The van der Waals surface area contributed by atoms with Crippen LogP contribution in [0.3, 0.4) is 0 Å². The number of aryl methyl sites for hydroxylation is 2. The number of para-hydroxylation sites is 1. The molecule has 1 N–H and O–H groups in total. The Hall–Kier alpha value is -2.10. The van der Waals surface area contributed by atoms with Crippen LogP contribution in [-0.4, -0.2) is 23.1 Å². The van der Waals surface area contributed by atoms with Crippen LogP contribution in [0.2, 0.25) is 0 Å². The lowest BCUT2D eigenvalue weighted by molar-refractivity contribution is 0.726. The molecule has 0 unspecified atom stereocenters. The maximum absolute atomic E-state index is 4.77. The number of hydrogen-bond donors (Lipinski definition) is 1. The summed E-state index contributed by atoms with van der Waals surface area (Å²) in [5, 5.41) is 3.41. The van der Waals surface area contributed by atoms with Crippen LogP contribution in [0.5, 0.6) is 0 Å². The van der Waals surface area contributed by atoms with Crippen LogP contribution >= 0.6 is 0 Å². The molecule has 1 aliphatic rings. The number of aromatic nitrogens is 2. The summed E-state index contributed by atoms with van der Waals surface area (Å²) in [6.45, 7) is 6.41. The first-order chi connectivity index (χ1) is 11.3. The first kappa shape index (κ1) is 15.8. The van der Waals surface area contributed by atoms with Crippen LogP contribution in [0.4, 0.5) is 17.5 Å². The van der Waals surface area contributed by atoms with Crippen molar-refractivity contribution < 1.29 is 0 Å². The standard InChI is InChI=1S/C19H26N4/c1-3-16-10-6-7-11-17(16)21-19-20-15(2)14-18(22-19)23-12-8-4-5-9-13-23/h6-7,10-11,14H,3-5,8-9,12-13H2,1-2H3,(H,20,21,22). The molecule has 0 bridgehead atoms. The highest BCUT2D eigenvalue weighted by molar-refractivity contribution is 5.60. The van der Waals surface area contributed by atoms with Crippen molar-refractivity contribution in [3.63, 3.8) is 0 Å². The van der Waals surface area contributed by atoms with Gasteiger partial charge in [0.25, 0.3) is 0 Å². The number of nitrogens with zero attached hydrogens (tertiary/aromatic N) is 3. The van der Waals surface area contributed by atoms with E-state index < -0.39 is 0 Å². The Labute approximate surface area is 139 Å². The van der Waals surface area contributed by atoms with Crippen LogP contribution in [0, 0.1) is 6.92 Å². The summed E-state index contributed by atoms with van der Waals surface area (Å²) in [5.41, 5.74) is 3.40. The molecule has 2 heterocycles. The van der Waals surface area contributed by atoms with Gasteiger partial charge in [-0.1, -0.05) is 38.0 Å². The first-order valence-corrected chi connectivity index (χ1v) is 8.72. The smallest absolute Gasteiger partial charge is 0.229 e. The molecule has 1 aromatic heterocycles. The van der Waals surface area contributed by atoms with Gasteiger partial charge in [0.05, 0.1) is 0 Å². The molecule has 1 saturated heterocycles. The molecular weight excluding hydrogens is 284 g/mol. The minimum absolute atomic E-state index is 0.699. The minimum Gasteiger partial charge on any atom is -0.356 e. The predicted molar refractivity (Wildman–Crippen MR) is 96.6 cm³/mol. The van der Waals surface area contributed by atoms with E-state index in [2.05, 4.69) is 46.4 Å². The molecule has 4 nitrogen and oxygen atoms in total. The van der Waals surface area contributed by atoms with Gasteiger partial charge >= 0.3 is 0 Å². The maximum Gasteiger partial charge on any atom is 0.229 e. The zero-order chi connectivity index (χ0) is 16.1. The van der Waals surface area contributed by atoms with Gasteiger partial charge in [0.2, 0.25) is 5.95 Å². The highest BCUT2D eigenvalue weighted by atomic mass is 15.2. The molecule has 4 heteroatoms. The third-order valence-corrected chi connectivity index (χ3v) is 4.42. The Balaban J connectivity index is 1.85. The summed E-state index contributed by atoms with van der Waals surface area (Å²) in [4.78, 5) is 11.7. The second-order valence-corrected chi connectivity index (χ2v) is 6.23. The van der Waals surface area contributed by atoms with Gasteiger partial charge in [-0.05, 0) is 37.8 Å². The fraction of sp³-hybridized carbons (Fsp3) is 0.474. The molecule has 0 saturated carbocycles. The number of benzene rings is 1. The van der Waals surface area contributed by atoms with Gasteiger partial charge in [-0.15, -0.1) is 0 Å². The molecule has 0 amide bonds. The first-order valence-electron chi connectivity index (χ1n) is 8.72. The molecule has 0 radical (unpaired) electrons. The molecule has 3 rings (SSSR count). The molecule has 1 aromatic carbocycles. The predicted octanol–water partition coefficient (Wildman–Crippen LogP) is 4.47. The Bertz CT molecular complexity index is 646. The van der Waals surface area contributed by atoms with Crippen LogP contribution in [-0.2, 0) is 6.42 Å². The largest absolute Gasteiger partial charge is 0.356 e. The normalized spacial score (nSPS) is 15.3. The highest BCUT2D eigenvalue weighted by Crippen LogP contribution is 2.23. The highest BCUT2D eigenvalue weighted by Gasteiger charge is 2.13. The molecule has 1 aliphatic heterocycles. The van der Waals surface area contributed by atoms with Gasteiger partial charge in [0.15, 0.2) is 0 Å². The molecule has 0 spiro atoms. The number of anilines is 3. The van der Waals surface area contributed by atoms with Crippen molar-refractivity contribution in [1.82, 2.24) is 9.97 Å². The average molecular weight is 310 g/mol. The molecule has 0 atom stereocenters. The third kappa shape index (κ3) is 4.01. The van der Waals surface area contributed by atoms with Gasteiger partial charge in [-0.25, -0.2) is 4.98 Å². The summed E-state index contributed by atoms with van der Waals surface area (Å²) >= 11 is 0. The van der Waals surface area contributed by atoms with Crippen LogP contribution in [0.1, 0.15) is 43.9 Å². The van der Waals surface area contributed by atoms with E-state index in [0.29, 0.717) is 5.95 Å². The topological polar surface area (TPSA) is 41.1 Å². The number of nitrogens with one attached hydrogen (secondary N) is 1.